The summed E-state index contributed by atoms with van der Waals surface area (Å²) in [6.45, 7) is 3.43. The van der Waals surface area contributed by atoms with Crippen molar-refractivity contribution < 1.29 is 9.32 Å². The molecule has 0 radical (unpaired) electrons. The first-order valence-electron chi connectivity index (χ1n) is 8.88. The molecule has 26 heavy (non-hydrogen) atoms. The van der Waals surface area contributed by atoms with Gasteiger partial charge in [0.25, 0.3) is 5.91 Å². The van der Waals surface area contributed by atoms with Gasteiger partial charge >= 0.3 is 0 Å². The highest BCUT2D eigenvalue weighted by Crippen LogP contribution is 2.27. The van der Waals surface area contributed by atoms with Gasteiger partial charge in [0.05, 0.1) is 0 Å². The Morgan fingerprint density at radius 1 is 1.00 bits per heavy atom. The third-order valence-corrected chi connectivity index (χ3v) is 4.80. The number of carbonyl (C=O) groups is 1. The SMILES string of the molecule is NC(=O)c1cc(-c2cccc(-c3ccc(CN4CCCC4)cc3)c2)no1. The van der Waals surface area contributed by atoms with Gasteiger partial charge in [-0.05, 0) is 48.7 Å². The number of nitrogens with two attached hydrogens (primary N) is 1. The number of hydrogen-bond donors (Lipinski definition) is 1. The molecule has 5 heteroatoms. The van der Waals surface area contributed by atoms with E-state index in [1.165, 1.54) is 31.5 Å². The highest BCUT2D eigenvalue weighted by atomic mass is 16.5. The zero-order valence-electron chi connectivity index (χ0n) is 14.5. The van der Waals surface area contributed by atoms with E-state index in [9.17, 15) is 4.79 Å². The highest BCUT2D eigenvalue weighted by Gasteiger charge is 2.13. The Balaban J connectivity index is 1.54. The first kappa shape index (κ1) is 16.5. The molecule has 4 rings (SSSR count). The molecule has 0 bridgehead atoms. The maximum absolute atomic E-state index is 11.2. The van der Waals surface area contributed by atoms with Crippen molar-refractivity contribution in [1.29, 1.82) is 0 Å². The first-order chi connectivity index (χ1) is 12.7. The van der Waals surface area contributed by atoms with Crippen LogP contribution in [0.15, 0.2) is 59.1 Å². The summed E-state index contributed by atoms with van der Waals surface area (Å²) < 4.78 is 4.98. The standard InChI is InChI=1S/C21H21N3O2/c22-21(25)20-13-19(23-26-20)18-5-3-4-17(12-18)16-8-6-15(7-9-16)14-24-10-1-2-11-24/h3-9,12-13H,1-2,10-11,14H2,(H2,22,25). The predicted molar refractivity (Wildman–Crippen MR) is 100 cm³/mol. The fraction of sp³-hybridized carbons (Fsp3) is 0.238. The number of nitrogens with zero attached hydrogens (tertiary/aromatic N) is 2. The van der Waals surface area contributed by atoms with E-state index in [0.29, 0.717) is 5.69 Å². The van der Waals surface area contributed by atoms with Crippen molar-refractivity contribution in [3.05, 3.63) is 65.9 Å². The van der Waals surface area contributed by atoms with Crippen LogP contribution in [0.3, 0.4) is 0 Å². The molecule has 2 aromatic carbocycles. The fourth-order valence-corrected chi connectivity index (χ4v) is 3.39. The molecule has 1 saturated heterocycles. The van der Waals surface area contributed by atoms with E-state index < -0.39 is 5.91 Å². The van der Waals surface area contributed by atoms with Gasteiger partial charge in [-0.15, -0.1) is 0 Å². The van der Waals surface area contributed by atoms with Crippen molar-refractivity contribution in [2.24, 2.45) is 5.73 Å². The number of primary amides is 1. The van der Waals surface area contributed by atoms with Gasteiger partial charge in [0, 0.05) is 18.2 Å². The van der Waals surface area contributed by atoms with Gasteiger partial charge in [-0.25, -0.2) is 0 Å². The lowest BCUT2D eigenvalue weighted by Crippen LogP contribution is -2.18. The molecule has 1 fully saturated rings. The molecule has 0 aliphatic carbocycles. The monoisotopic (exact) mass is 347 g/mol. The van der Waals surface area contributed by atoms with Gasteiger partial charge in [-0.3, -0.25) is 9.69 Å². The van der Waals surface area contributed by atoms with Crippen LogP contribution in [0.1, 0.15) is 29.0 Å². The van der Waals surface area contributed by atoms with Crippen LogP contribution in [0, 0.1) is 0 Å². The lowest BCUT2D eigenvalue weighted by Gasteiger charge is -2.14. The summed E-state index contributed by atoms with van der Waals surface area (Å²) in [5.74, 6) is -0.551. The first-order valence-corrected chi connectivity index (χ1v) is 8.88. The summed E-state index contributed by atoms with van der Waals surface area (Å²) in [4.78, 5) is 13.7. The Bertz CT molecular complexity index is 909. The summed E-state index contributed by atoms with van der Waals surface area (Å²) in [6, 6.07) is 18.3. The zero-order chi connectivity index (χ0) is 17.9. The smallest absolute Gasteiger partial charge is 0.287 e. The van der Waals surface area contributed by atoms with E-state index in [4.69, 9.17) is 10.3 Å². The second-order valence-electron chi connectivity index (χ2n) is 6.70. The van der Waals surface area contributed by atoms with E-state index in [-0.39, 0.29) is 5.76 Å². The molecule has 132 valence electrons. The summed E-state index contributed by atoms with van der Waals surface area (Å²) in [5, 5.41) is 3.93. The average molecular weight is 347 g/mol. The maximum atomic E-state index is 11.2. The van der Waals surface area contributed by atoms with Crippen LogP contribution >= 0.6 is 0 Å². The Kier molecular flexibility index (Phi) is 4.54. The normalized spacial score (nSPS) is 14.6. The number of hydrogen-bond acceptors (Lipinski definition) is 4. The molecule has 1 aliphatic heterocycles. The second-order valence-corrected chi connectivity index (χ2v) is 6.70. The van der Waals surface area contributed by atoms with Crippen LogP contribution in [0.2, 0.25) is 0 Å². The van der Waals surface area contributed by atoms with Gasteiger partial charge in [-0.2, -0.15) is 0 Å². The van der Waals surface area contributed by atoms with Gasteiger partial charge in [0.1, 0.15) is 5.69 Å². The molecule has 0 saturated carbocycles. The van der Waals surface area contributed by atoms with Crippen molar-refractivity contribution >= 4 is 5.91 Å². The van der Waals surface area contributed by atoms with Crippen molar-refractivity contribution in [1.82, 2.24) is 10.1 Å². The summed E-state index contributed by atoms with van der Waals surface area (Å²) in [6.07, 6.45) is 2.62. The van der Waals surface area contributed by atoms with Crippen LogP contribution in [-0.4, -0.2) is 29.1 Å². The van der Waals surface area contributed by atoms with Crippen LogP contribution in [0.5, 0.6) is 0 Å². The summed E-state index contributed by atoms with van der Waals surface area (Å²) >= 11 is 0. The van der Waals surface area contributed by atoms with Crippen molar-refractivity contribution in [3.63, 3.8) is 0 Å². The Morgan fingerprint density at radius 3 is 2.42 bits per heavy atom. The Morgan fingerprint density at radius 2 is 1.73 bits per heavy atom. The molecule has 2 N–H and O–H groups in total. The minimum atomic E-state index is -0.617. The number of carbonyl (C=O) groups excluding carboxylic acids is 1. The Hall–Kier alpha value is -2.92. The number of amides is 1. The van der Waals surface area contributed by atoms with Gasteiger partial charge in [0.15, 0.2) is 0 Å². The largest absolute Gasteiger partial charge is 0.363 e. The molecule has 1 aliphatic rings. The molecule has 3 aromatic rings. The van der Waals surface area contributed by atoms with Crippen LogP contribution in [-0.2, 0) is 6.54 Å². The van der Waals surface area contributed by atoms with Crippen LogP contribution in [0.4, 0.5) is 0 Å². The van der Waals surface area contributed by atoms with E-state index in [1.807, 2.05) is 18.2 Å². The van der Waals surface area contributed by atoms with E-state index in [2.05, 4.69) is 40.4 Å². The number of likely N-dealkylation sites (tertiary alicyclic amines) is 1. The number of benzene rings is 2. The van der Waals surface area contributed by atoms with E-state index in [0.717, 1.165) is 23.2 Å². The van der Waals surface area contributed by atoms with E-state index >= 15 is 0 Å². The fourth-order valence-electron chi connectivity index (χ4n) is 3.39. The lowest BCUT2D eigenvalue weighted by molar-refractivity contribution is 0.0965. The molecule has 1 amide bonds. The van der Waals surface area contributed by atoms with Crippen molar-refractivity contribution in [2.75, 3.05) is 13.1 Å². The summed E-state index contributed by atoms with van der Waals surface area (Å²) in [5.41, 5.74) is 10.3. The molecule has 5 nitrogen and oxygen atoms in total. The van der Waals surface area contributed by atoms with Gasteiger partial charge in [-0.1, -0.05) is 47.6 Å². The third-order valence-electron chi connectivity index (χ3n) is 4.80. The molecule has 0 unspecified atom stereocenters. The van der Waals surface area contributed by atoms with Gasteiger partial charge < -0.3 is 10.3 Å². The molecule has 0 atom stereocenters. The second kappa shape index (κ2) is 7.14. The van der Waals surface area contributed by atoms with E-state index in [1.54, 1.807) is 6.07 Å². The predicted octanol–water partition coefficient (Wildman–Crippen LogP) is 3.70. The molecule has 2 heterocycles. The lowest BCUT2D eigenvalue weighted by atomic mass is 10.0. The highest BCUT2D eigenvalue weighted by molar-refractivity contribution is 5.91. The molecular weight excluding hydrogens is 326 g/mol. The van der Waals surface area contributed by atoms with Crippen LogP contribution < -0.4 is 5.73 Å². The minimum Gasteiger partial charge on any atom is -0.363 e. The quantitative estimate of drug-likeness (QED) is 0.764. The topological polar surface area (TPSA) is 72.4 Å². The molecular formula is C21H21N3O2. The minimum absolute atomic E-state index is 0.0664. The van der Waals surface area contributed by atoms with Crippen molar-refractivity contribution in [3.8, 4) is 22.4 Å². The summed E-state index contributed by atoms with van der Waals surface area (Å²) in [7, 11) is 0. The maximum Gasteiger partial charge on any atom is 0.287 e. The third kappa shape index (κ3) is 3.53. The molecule has 1 aromatic heterocycles. The van der Waals surface area contributed by atoms with Gasteiger partial charge in [0.2, 0.25) is 5.76 Å². The molecule has 0 spiro atoms. The zero-order valence-corrected chi connectivity index (χ0v) is 14.5. The van der Waals surface area contributed by atoms with Crippen molar-refractivity contribution in [2.45, 2.75) is 19.4 Å². The average Bonchev–Trinajstić information content (AvgIpc) is 3.34. The van der Waals surface area contributed by atoms with Crippen LogP contribution in [0.25, 0.3) is 22.4 Å². The number of aromatic nitrogens is 1. The Labute approximate surface area is 152 Å². The number of rotatable bonds is 5.